The van der Waals surface area contributed by atoms with Crippen LogP contribution in [0.1, 0.15) is 24.5 Å². The average Bonchev–Trinajstić information content (AvgIpc) is 2.19. The number of aryl methyl sites for hydroxylation is 2. The minimum Gasteiger partial charge on any atom is -0.481 e. The Balaban J connectivity index is 2.30. The molecule has 2 unspecified atom stereocenters. The first-order valence-electron chi connectivity index (χ1n) is 5.73. The monoisotopic (exact) mass is 251 g/mol. The van der Waals surface area contributed by atoms with E-state index in [4.69, 9.17) is 5.11 Å². The van der Waals surface area contributed by atoms with Crippen molar-refractivity contribution in [3.63, 3.8) is 0 Å². The molecule has 3 nitrogen and oxygen atoms in total. The highest BCUT2D eigenvalue weighted by Gasteiger charge is 2.28. The van der Waals surface area contributed by atoms with Crippen molar-refractivity contribution in [1.29, 1.82) is 0 Å². The van der Waals surface area contributed by atoms with Gasteiger partial charge in [0.15, 0.2) is 0 Å². The highest BCUT2D eigenvalue weighted by molar-refractivity contribution is 8.00. The minimum absolute atomic E-state index is 0.0985. The molecule has 0 radical (unpaired) electrons. The molecule has 1 heterocycles. The molecule has 2 N–H and O–H groups in total. The molecule has 0 spiro atoms. The Morgan fingerprint density at radius 3 is 2.82 bits per heavy atom. The molecule has 0 bridgehead atoms. The molecule has 1 aliphatic heterocycles. The largest absolute Gasteiger partial charge is 0.481 e. The number of anilines is 1. The SMILES string of the molecule is Cc1cc(C)c2c(c1)NC(C)C(CC(=O)O)S2. The van der Waals surface area contributed by atoms with Crippen molar-refractivity contribution in [2.45, 2.75) is 43.4 Å². The lowest BCUT2D eigenvalue weighted by Gasteiger charge is -2.32. The number of carbonyl (C=O) groups is 1. The van der Waals surface area contributed by atoms with E-state index in [9.17, 15) is 4.79 Å². The first-order valence-corrected chi connectivity index (χ1v) is 6.61. The van der Waals surface area contributed by atoms with E-state index in [-0.39, 0.29) is 17.7 Å². The summed E-state index contributed by atoms with van der Waals surface area (Å²) in [6.07, 6.45) is 0.200. The molecule has 0 saturated heterocycles. The smallest absolute Gasteiger partial charge is 0.304 e. The van der Waals surface area contributed by atoms with Gasteiger partial charge in [0.1, 0.15) is 0 Å². The zero-order valence-electron chi connectivity index (χ0n) is 10.3. The van der Waals surface area contributed by atoms with E-state index in [1.807, 2.05) is 6.92 Å². The van der Waals surface area contributed by atoms with Gasteiger partial charge in [-0.3, -0.25) is 4.79 Å². The Morgan fingerprint density at radius 1 is 1.47 bits per heavy atom. The summed E-state index contributed by atoms with van der Waals surface area (Å²) < 4.78 is 0. The van der Waals surface area contributed by atoms with Crippen LogP contribution in [0.25, 0.3) is 0 Å². The number of hydrogen-bond acceptors (Lipinski definition) is 3. The molecule has 0 fully saturated rings. The lowest BCUT2D eigenvalue weighted by atomic mass is 10.1. The third-order valence-corrected chi connectivity index (χ3v) is 4.66. The van der Waals surface area contributed by atoms with Gasteiger partial charge < -0.3 is 10.4 Å². The Morgan fingerprint density at radius 2 is 2.18 bits per heavy atom. The van der Waals surface area contributed by atoms with E-state index in [1.165, 1.54) is 16.0 Å². The predicted octanol–water partition coefficient (Wildman–Crippen LogP) is 3.05. The fourth-order valence-corrected chi connectivity index (χ4v) is 3.49. The maximum atomic E-state index is 10.8. The van der Waals surface area contributed by atoms with Gasteiger partial charge >= 0.3 is 5.97 Å². The molecule has 4 heteroatoms. The van der Waals surface area contributed by atoms with Gasteiger partial charge in [0.25, 0.3) is 0 Å². The van der Waals surface area contributed by atoms with Gasteiger partial charge in [-0.1, -0.05) is 6.07 Å². The van der Waals surface area contributed by atoms with E-state index in [0.29, 0.717) is 0 Å². The summed E-state index contributed by atoms with van der Waals surface area (Å²) in [6, 6.07) is 4.45. The van der Waals surface area contributed by atoms with Gasteiger partial charge in [0.05, 0.1) is 6.42 Å². The lowest BCUT2D eigenvalue weighted by molar-refractivity contribution is -0.137. The number of nitrogens with one attached hydrogen (secondary N) is 1. The van der Waals surface area contributed by atoms with E-state index in [1.54, 1.807) is 11.8 Å². The van der Waals surface area contributed by atoms with E-state index in [0.717, 1.165) is 5.69 Å². The van der Waals surface area contributed by atoms with Crippen LogP contribution in [-0.2, 0) is 4.79 Å². The quantitative estimate of drug-likeness (QED) is 0.848. The standard InChI is InChI=1S/C13H17NO2S/c1-7-4-8(2)13-10(5-7)14-9(3)11(17-13)6-12(15)16/h4-5,9,11,14H,6H2,1-3H3,(H,15,16). The Labute approximate surface area is 106 Å². The Bertz CT molecular complexity index is 459. The molecule has 0 aromatic heterocycles. The highest BCUT2D eigenvalue weighted by Crippen LogP contribution is 2.41. The van der Waals surface area contributed by atoms with Gasteiger partial charge in [-0.2, -0.15) is 0 Å². The summed E-state index contributed by atoms with van der Waals surface area (Å²) >= 11 is 1.69. The van der Waals surface area contributed by atoms with Crippen molar-refractivity contribution in [3.8, 4) is 0 Å². The van der Waals surface area contributed by atoms with Crippen LogP contribution in [0.15, 0.2) is 17.0 Å². The van der Waals surface area contributed by atoms with Crippen LogP contribution in [0.5, 0.6) is 0 Å². The van der Waals surface area contributed by atoms with Crippen molar-refractivity contribution in [2.24, 2.45) is 0 Å². The van der Waals surface area contributed by atoms with Gasteiger partial charge in [-0.15, -0.1) is 11.8 Å². The number of aliphatic carboxylic acids is 1. The normalized spacial score (nSPS) is 22.8. The molecule has 0 amide bonds. The number of hydrogen-bond donors (Lipinski definition) is 2. The molecule has 0 aliphatic carbocycles. The average molecular weight is 251 g/mol. The number of thioether (sulfide) groups is 1. The van der Waals surface area contributed by atoms with E-state index in [2.05, 4.69) is 31.3 Å². The van der Waals surface area contributed by atoms with Crippen molar-refractivity contribution in [2.75, 3.05) is 5.32 Å². The molecule has 1 aromatic rings. The van der Waals surface area contributed by atoms with Crippen molar-refractivity contribution in [1.82, 2.24) is 0 Å². The second-order valence-electron chi connectivity index (χ2n) is 4.65. The predicted molar refractivity (Wildman–Crippen MR) is 70.9 cm³/mol. The second kappa shape index (κ2) is 4.61. The number of benzene rings is 1. The van der Waals surface area contributed by atoms with Crippen molar-refractivity contribution >= 4 is 23.4 Å². The molecule has 1 aliphatic rings. The third kappa shape index (κ3) is 2.57. The fraction of sp³-hybridized carbons (Fsp3) is 0.462. The molecule has 2 atom stereocenters. The van der Waals surface area contributed by atoms with Gasteiger partial charge in [0.2, 0.25) is 0 Å². The van der Waals surface area contributed by atoms with Crippen LogP contribution in [-0.4, -0.2) is 22.4 Å². The van der Waals surface area contributed by atoms with Crippen molar-refractivity contribution < 1.29 is 9.90 Å². The van der Waals surface area contributed by atoms with Crippen molar-refractivity contribution in [3.05, 3.63) is 23.3 Å². The summed E-state index contributed by atoms with van der Waals surface area (Å²) in [5, 5.41) is 12.4. The van der Waals surface area contributed by atoms with Crippen LogP contribution < -0.4 is 5.32 Å². The number of carboxylic acid groups (broad SMARTS) is 1. The minimum atomic E-state index is -0.732. The van der Waals surface area contributed by atoms with Gasteiger partial charge in [-0.25, -0.2) is 0 Å². The second-order valence-corrected chi connectivity index (χ2v) is 5.90. The van der Waals surface area contributed by atoms with Gasteiger partial charge in [0, 0.05) is 21.9 Å². The molecule has 2 rings (SSSR count). The third-order valence-electron chi connectivity index (χ3n) is 3.00. The Hall–Kier alpha value is -1.16. The van der Waals surface area contributed by atoms with Crippen LogP contribution in [0.2, 0.25) is 0 Å². The first kappa shape index (κ1) is 12.3. The Kier molecular flexibility index (Phi) is 3.33. The number of carboxylic acids is 1. The maximum absolute atomic E-state index is 10.8. The fourth-order valence-electron chi connectivity index (χ4n) is 2.20. The number of rotatable bonds is 2. The summed E-state index contributed by atoms with van der Waals surface area (Å²) in [4.78, 5) is 12.0. The molecule has 92 valence electrons. The van der Waals surface area contributed by atoms with E-state index < -0.39 is 5.97 Å². The summed E-state index contributed by atoms with van der Waals surface area (Å²) in [7, 11) is 0. The highest BCUT2D eigenvalue weighted by atomic mass is 32.2. The molecule has 0 saturated carbocycles. The number of fused-ring (bicyclic) bond motifs is 1. The van der Waals surface area contributed by atoms with Gasteiger partial charge in [-0.05, 0) is 38.0 Å². The lowest BCUT2D eigenvalue weighted by Crippen LogP contribution is -2.33. The van der Waals surface area contributed by atoms with Crippen LogP contribution in [0, 0.1) is 13.8 Å². The molecule has 17 heavy (non-hydrogen) atoms. The zero-order valence-corrected chi connectivity index (χ0v) is 11.1. The van der Waals surface area contributed by atoms with Crippen LogP contribution in [0.4, 0.5) is 5.69 Å². The maximum Gasteiger partial charge on any atom is 0.304 e. The summed E-state index contributed by atoms with van der Waals surface area (Å²) in [5.41, 5.74) is 3.60. The summed E-state index contributed by atoms with van der Waals surface area (Å²) in [5.74, 6) is -0.732. The van der Waals surface area contributed by atoms with Crippen LogP contribution >= 0.6 is 11.8 Å². The van der Waals surface area contributed by atoms with E-state index >= 15 is 0 Å². The molecular formula is C13H17NO2S. The molecule has 1 aromatic carbocycles. The van der Waals surface area contributed by atoms with Crippen LogP contribution in [0.3, 0.4) is 0 Å². The topological polar surface area (TPSA) is 49.3 Å². The molecular weight excluding hydrogens is 234 g/mol. The summed E-state index contributed by atoms with van der Waals surface area (Å²) in [6.45, 7) is 6.20. The first-order chi connectivity index (χ1) is 7.97. The zero-order chi connectivity index (χ0) is 12.6.